The third-order valence-electron chi connectivity index (χ3n) is 3.87. The van der Waals surface area contributed by atoms with E-state index in [1.165, 1.54) is 18.4 Å². The van der Waals surface area contributed by atoms with Gasteiger partial charge in [-0.15, -0.1) is 0 Å². The number of nitrogens with one attached hydrogen (secondary N) is 2. The summed E-state index contributed by atoms with van der Waals surface area (Å²) < 4.78 is 33.0. The van der Waals surface area contributed by atoms with E-state index in [9.17, 15) is 13.2 Å². The van der Waals surface area contributed by atoms with Crippen molar-refractivity contribution in [2.45, 2.75) is 18.4 Å². The Morgan fingerprint density at radius 1 is 1.11 bits per heavy atom. The van der Waals surface area contributed by atoms with Crippen molar-refractivity contribution in [3.8, 4) is 0 Å². The van der Waals surface area contributed by atoms with Gasteiger partial charge in [-0.25, -0.2) is 13.1 Å². The van der Waals surface area contributed by atoms with Gasteiger partial charge in [0.2, 0.25) is 10.0 Å². The quantitative estimate of drug-likeness (QED) is 0.594. The third kappa shape index (κ3) is 4.85. The highest BCUT2D eigenvalue weighted by molar-refractivity contribution is 9.10. The number of aryl methyl sites for hydroxylation is 1. The van der Waals surface area contributed by atoms with E-state index in [0.717, 1.165) is 10.0 Å². The Morgan fingerprint density at radius 3 is 2.48 bits per heavy atom. The molecule has 0 saturated heterocycles. The predicted octanol–water partition coefficient (Wildman–Crippen LogP) is 4.08. The lowest BCUT2D eigenvalue weighted by atomic mass is 10.1. The Kier molecular flexibility index (Phi) is 5.79. The number of halogens is 1. The van der Waals surface area contributed by atoms with Crippen LogP contribution in [0, 0.1) is 6.92 Å². The van der Waals surface area contributed by atoms with Crippen LogP contribution in [0.25, 0.3) is 0 Å². The number of carbonyl (C=O) groups excluding carboxylic acids is 1. The van der Waals surface area contributed by atoms with E-state index in [0.29, 0.717) is 17.0 Å². The maximum atomic E-state index is 12.3. The summed E-state index contributed by atoms with van der Waals surface area (Å²) in [6.45, 7) is 2.00. The molecule has 0 spiro atoms. The number of benzene rings is 2. The van der Waals surface area contributed by atoms with Gasteiger partial charge in [0.1, 0.15) is 5.76 Å². The number of carbonyl (C=O) groups is 1. The van der Waals surface area contributed by atoms with Crippen molar-refractivity contribution in [3.63, 3.8) is 0 Å². The van der Waals surface area contributed by atoms with Gasteiger partial charge in [-0.1, -0.05) is 22.0 Å². The molecule has 0 aliphatic carbocycles. The second-order valence-electron chi connectivity index (χ2n) is 5.85. The molecule has 0 unspecified atom stereocenters. The molecule has 2 aromatic carbocycles. The van der Waals surface area contributed by atoms with E-state index >= 15 is 0 Å². The Labute approximate surface area is 165 Å². The number of furan rings is 1. The summed E-state index contributed by atoms with van der Waals surface area (Å²) in [5.74, 6) is 0.244. The molecule has 0 fully saturated rings. The van der Waals surface area contributed by atoms with Gasteiger partial charge in [0.05, 0.1) is 17.7 Å². The number of anilines is 1. The monoisotopic (exact) mass is 448 g/mol. The number of hydrogen-bond acceptors (Lipinski definition) is 4. The maximum Gasteiger partial charge on any atom is 0.255 e. The molecule has 0 aliphatic rings. The van der Waals surface area contributed by atoms with Gasteiger partial charge in [-0.2, -0.15) is 0 Å². The topological polar surface area (TPSA) is 88.4 Å². The molecule has 1 aromatic heterocycles. The highest BCUT2D eigenvalue weighted by Crippen LogP contribution is 2.19. The summed E-state index contributed by atoms with van der Waals surface area (Å²) in [7, 11) is -3.67. The summed E-state index contributed by atoms with van der Waals surface area (Å²) in [5.41, 5.74) is 2.04. The molecule has 6 nitrogen and oxygen atoms in total. The third-order valence-corrected chi connectivity index (χ3v) is 6.14. The van der Waals surface area contributed by atoms with Crippen LogP contribution in [0.3, 0.4) is 0 Å². The summed E-state index contributed by atoms with van der Waals surface area (Å²) >= 11 is 3.40. The average Bonchev–Trinajstić information content (AvgIpc) is 3.16. The first-order chi connectivity index (χ1) is 12.8. The van der Waals surface area contributed by atoms with Crippen LogP contribution >= 0.6 is 15.9 Å². The molecular formula is C19H17BrN2O4S. The first kappa shape index (κ1) is 19.3. The minimum Gasteiger partial charge on any atom is -0.468 e. The van der Waals surface area contributed by atoms with Gasteiger partial charge in [0.15, 0.2) is 0 Å². The van der Waals surface area contributed by atoms with Crippen molar-refractivity contribution in [3.05, 3.63) is 82.2 Å². The minimum atomic E-state index is -3.67. The van der Waals surface area contributed by atoms with Gasteiger partial charge < -0.3 is 9.73 Å². The van der Waals surface area contributed by atoms with E-state index < -0.39 is 10.0 Å². The highest BCUT2D eigenvalue weighted by Gasteiger charge is 2.15. The van der Waals surface area contributed by atoms with Crippen molar-refractivity contribution in [1.29, 1.82) is 0 Å². The van der Waals surface area contributed by atoms with Crippen LogP contribution in [0.15, 0.2) is 74.6 Å². The summed E-state index contributed by atoms with van der Waals surface area (Å²) in [4.78, 5) is 12.4. The van der Waals surface area contributed by atoms with Crippen molar-refractivity contribution in [1.82, 2.24) is 4.72 Å². The van der Waals surface area contributed by atoms with Crippen LogP contribution in [-0.4, -0.2) is 14.3 Å². The fourth-order valence-electron chi connectivity index (χ4n) is 2.32. The molecule has 3 rings (SSSR count). The van der Waals surface area contributed by atoms with Crippen molar-refractivity contribution >= 4 is 37.5 Å². The van der Waals surface area contributed by atoms with Crippen LogP contribution in [0.2, 0.25) is 0 Å². The summed E-state index contributed by atoms with van der Waals surface area (Å²) in [6.07, 6.45) is 1.48. The van der Waals surface area contributed by atoms with Crippen molar-refractivity contribution < 1.29 is 17.6 Å². The normalized spacial score (nSPS) is 11.3. The largest absolute Gasteiger partial charge is 0.468 e. The van der Waals surface area contributed by atoms with Gasteiger partial charge in [0.25, 0.3) is 5.91 Å². The van der Waals surface area contributed by atoms with Crippen LogP contribution in [-0.2, 0) is 16.6 Å². The molecular weight excluding hydrogens is 432 g/mol. The lowest BCUT2D eigenvalue weighted by Crippen LogP contribution is -2.23. The van der Waals surface area contributed by atoms with Gasteiger partial charge in [-0.05, 0) is 61.0 Å². The maximum absolute atomic E-state index is 12.3. The number of amides is 1. The smallest absolute Gasteiger partial charge is 0.255 e. The van der Waals surface area contributed by atoms with Crippen LogP contribution in [0.1, 0.15) is 21.7 Å². The summed E-state index contributed by atoms with van der Waals surface area (Å²) in [6, 6.07) is 14.6. The second-order valence-corrected chi connectivity index (χ2v) is 8.47. The standard InChI is InChI=1S/C19H17BrN2O4S/c1-13-4-5-14(11-18(13)20)19(23)22-15-6-8-17(9-7-15)27(24,25)21-12-16-3-2-10-26-16/h2-11,21H,12H2,1H3,(H,22,23). The lowest BCUT2D eigenvalue weighted by Gasteiger charge is -2.09. The lowest BCUT2D eigenvalue weighted by molar-refractivity contribution is 0.102. The average molecular weight is 449 g/mol. The highest BCUT2D eigenvalue weighted by atomic mass is 79.9. The van der Waals surface area contributed by atoms with Crippen LogP contribution in [0.4, 0.5) is 5.69 Å². The molecule has 0 aliphatic heterocycles. The molecule has 8 heteroatoms. The van der Waals surface area contributed by atoms with E-state index in [4.69, 9.17) is 4.42 Å². The zero-order valence-corrected chi connectivity index (χ0v) is 16.8. The first-order valence-electron chi connectivity index (χ1n) is 8.05. The summed E-state index contributed by atoms with van der Waals surface area (Å²) in [5, 5.41) is 2.75. The van der Waals surface area contributed by atoms with Crippen molar-refractivity contribution in [2.24, 2.45) is 0 Å². The molecule has 1 heterocycles. The minimum absolute atomic E-state index is 0.0656. The first-order valence-corrected chi connectivity index (χ1v) is 10.3. The molecule has 27 heavy (non-hydrogen) atoms. The fraction of sp³-hybridized carbons (Fsp3) is 0.105. The molecule has 1 amide bonds. The van der Waals surface area contributed by atoms with Crippen LogP contribution < -0.4 is 10.0 Å². The van der Waals surface area contributed by atoms with Crippen molar-refractivity contribution in [2.75, 3.05) is 5.32 Å². The Morgan fingerprint density at radius 2 is 1.85 bits per heavy atom. The van der Waals surface area contributed by atoms with Gasteiger partial charge in [-0.3, -0.25) is 4.79 Å². The van der Waals surface area contributed by atoms with E-state index in [1.807, 2.05) is 13.0 Å². The molecule has 3 aromatic rings. The number of rotatable bonds is 6. The zero-order chi connectivity index (χ0) is 19.4. The van der Waals surface area contributed by atoms with E-state index in [2.05, 4.69) is 26.0 Å². The second kappa shape index (κ2) is 8.08. The predicted molar refractivity (Wildman–Crippen MR) is 106 cm³/mol. The Hall–Kier alpha value is -2.42. The van der Waals surface area contributed by atoms with E-state index in [1.54, 1.807) is 36.4 Å². The SMILES string of the molecule is Cc1ccc(C(=O)Nc2ccc(S(=O)(=O)NCc3ccco3)cc2)cc1Br. The fourth-order valence-corrected chi connectivity index (χ4v) is 3.69. The Bertz CT molecular complexity index is 1050. The number of sulfonamides is 1. The van der Waals surface area contributed by atoms with Gasteiger partial charge >= 0.3 is 0 Å². The molecule has 0 radical (unpaired) electrons. The molecule has 0 bridgehead atoms. The number of hydrogen-bond donors (Lipinski definition) is 2. The van der Waals surface area contributed by atoms with E-state index in [-0.39, 0.29) is 17.3 Å². The van der Waals surface area contributed by atoms with Crippen LogP contribution in [0.5, 0.6) is 0 Å². The molecule has 140 valence electrons. The molecule has 0 saturated carbocycles. The molecule has 0 atom stereocenters. The Balaban J connectivity index is 1.67. The molecule has 2 N–H and O–H groups in total. The zero-order valence-electron chi connectivity index (χ0n) is 14.4. The van der Waals surface area contributed by atoms with Gasteiger partial charge in [0, 0.05) is 15.7 Å².